The van der Waals surface area contributed by atoms with E-state index >= 15 is 0 Å². The molecular weight excluding hydrogens is 308 g/mol. The first-order valence-electron chi connectivity index (χ1n) is 5.98. The van der Waals surface area contributed by atoms with Gasteiger partial charge in [0.15, 0.2) is 0 Å². The molecule has 0 fully saturated rings. The second-order valence-electron chi connectivity index (χ2n) is 4.47. The van der Waals surface area contributed by atoms with Gasteiger partial charge in [0, 0.05) is 5.75 Å². The van der Waals surface area contributed by atoms with E-state index in [4.69, 9.17) is 5.11 Å². The molecule has 1 heterocycles. The highest BCUT2D eigenvalue weighted by atomic mass is 32.2. The molecule has 0 aromatic heterocycles. The monoisotopic (exact) mass is 320 g/mol. The molecule has 2 nitrogen and oxygen atoms in total. The Morgan fingerprint density at radius 2 is 1.81 bits per heavy atom. The zero-order valence-electron chi connectivity index (χ0n) is 10.6. The van der Waals surface area contributed by atoms with Gasteiger partial charge in [-0.1, -0.05) is 30.3 Å². The zero-order chi connectivity index (χ0) is 15.6. The number of carboxylic acid groups (broad SMARTS) is 1. The van der Waals surface area contributed by atoms with Crippen molar-refractivity contribution in [3.8, 4) is 0 Å². The van der Waals surface area contributed by atoms with Crippen LogP contribution >= 0.6 is 10.9 Å². The van der Waals surface area contributed by atoms with E-state index in [0.717, 1.165) is 6.08 Å². The van der Waals surface area contributed by atoms with Crippen molar-refractivity contribution < 1.29 is 27.5 Å². The predicted molar refractivity (Wildman–Crippen MR) is 73.9 cm³/mol. The molecule has 114 valence electrons. The van der Waals surface area contributed by atoms with E-state index in [1.165, 1.54) is 0 Å². The third-order valence-electron chi connectivity index (χ3n) is 3.03. The summed E-state index contributed by atoms with van der Waals surface area (Å²) < 4.78 is 53.5. The van der Waals surface area contributed by atoms with Crippen molar-refractivity contribution >= 4 is 16.9 Å². The van der Waals surface area contributed by atoms with Gasteiger partial charge < -0.3 is 5.11 Å². The fraction of sp³-hybridized carbons (Fsp3) is 0.214. The Labute approximate surface area is 121 Å². The van der Waals surface area contributed by atoms with Crippen molar-refractivity contribution in [3.05, 3.63) is 58.8 Å². The highest BCUT2D eigenvalue weighted by Gasteiger charge is 2.49. The summed E-state index contributed by atoms with van der Waals surface area (Å²) in [6, 6.07) is 8.19. The molecule has 2 atom stereocenters. The fourth-order valence-corrected chi connectivity index (χ4v) is 4.46. The standard InChI is InChI=1S/C14H12F4O2S/c15-11-7-6-10(13(19)20)12(14(16,17)18)21(11)8-9-4-2-1-3-5-9/h1-7,12,21H,8H2,(H,19,20). The third-order valence-corrected chi connectivity index (χ3v) is 5.63. The summed E-state index contributed by atoms with van der Waals surface area (Å²) >= 11 is 0. The Hall–Kier alpha value is -1.76. The van der Waals surface area contributed by atoms with Gasteiger partial charge in [-0.3, -0.25) is 0 Å². The van der Waals surface area contributed by atoms with E-state index in [-0.39, 0.29) is 5.75 Å². The lowest BCUT2D eigenvalue weighted by molar-refractivity contribution is -0.140. The Morgan fingerprint density at radius 1 is 1.19 bits per heavy atom. The van der Waals surface area contributed by atoms with Gasteiger partial charge in [-0.2, -0.15) is 24.1 Å². The van der Waals surface area contributed by atoms with E-state index in [2.05, 4.69) is 0 Å². The lowest BCUT2D eigenvalue weighted by Gasteiger charge is -2.34. The molecule has 1 aliphatic rings. The minimum Gasteiger partial charge on any atom is -0.478 e. The number of hydrogen-bond acceptors (Lipinski definition) is 1. The van der Waals surface area contributed by atoms with E-state index in [1.807, 2.05) is 0 Å². The number of allylic oxidation sites excluding steroid dienone is 2. The molecule has 0 spiro atoms. The topological polar surface area (TPSA) is 37.3 Å². The van der Waals surface area contributed by atoms with Crippen LogP contribution < -0.4 is 0 Å². The summed E-state index contributed by atoms with van der Waals surface area (Å²) in [5, 5.41) is 5.76. The molecular formula is C14H12F4O2S. The van der Waals surface area contributed by atoms with Crippen LogP contribution in [0.4, 0.5) is 17.6 Å². The van der Waals surface area contributed by atoms with E-state index < -0.39 is 39.0 Å². The molecule has 2 unspecified atom stereocenters. The van der Waals surface area contributed by atoms with Gasteiger partial charge in [0.2, 0.25) is 0 Å². The fourth-order valence-electron chi connectivity index (χ4n) is 2.12. The smallest absolute Gasteiger partial charge is 0.403 e. The molecule has 0 saturated carbocycles. The Morgan fingerprint density at radius 3 is 2.33 bits per heavy atom. The van der Waals surface area contributed by atoms with Crippen LogP contribution in [-0.4, -0.2) is 22.5 Å². The summed E-state index contributed by atoms with van der Waals surface area (Å²) in [5.41, 5.74) is -0.251. The van der Waals surface area contributed by atoms with Crippen LogP contribution in [0.15, 0.2) is 53.2 Å². The van der Waals surface area contributed by atoms with Gasteiger partial charge in [0.05, 0.1) is 5.57 Å². The highest BCUT2D eigenvalue weighted by molar-refractivity contribution is 8.20. The molecule has 0 amide bonds. The first-order chi connectivity index (χ1) is 9.80. The third kappa shape index (κ3) is 3.47. The summed E-state index contributed by atoms with van der Waals surface area (Å²) in [5.74, 6) is -1.81. The number of carbonyl (C=O) groups is 1. The molecule has 0 saturated heterocycles. The molecule has 1 aromatic rings. The average Bonchev–Trinajstić information content (AvgIpc) is 2.40. The second kappa shape index (κ2) is 5.93. The number of hydrogen-bond donors (Lipinski definition) is 2. The zero-order valence-corrected chi connectivity index (χ0v) is 11.5. The number of carboxylic acids is 1. The summed E-state index contributed by atoms with van der Waals surface area (Å²) in [7, 11) is -2.31. The lowest BCUT2D eigenvalue weighted by Crippen LogP contribution is -2.35. The molecule has 0 bridgehead atoms. The van der Waals surface area contributed by atoms with Crippen LogP contribution in [0, 0.1) is 0 Å². The summed E-state index contributed by atoms with van der Waals surface area (Å²) in [4.78, 5) is 11.0. The quantitative estimate of drug-likeness (QED) is 0.653. The Balaban J connectivity index is 2.39. The minimum atomic E-state index is -4.80. The van der Waals surface area contributed by atoms with Crippen LogP contribution in [-0.2, 0) is 10.5 Å². The average molecular weight is 320 g/mol. The van der Waals surface area contributed by atoms with Crippen LogP contribution in [0.3, 0.4) is 0 Å². The second-order valence-corrected chi connectivity index (χ2v) is 6.67. The Kier molecular flexibility index (Phi) is 4.41. The van der Waals surface area contributed by atoms with Gasteiger partial charge in [0.1, 0.15) is 10.4 Å². The number of benzene rings is 1. The van der Waals surface area contributed by atoms with Gasteiger partial charge in [-0.15, -0.1) is 0 Å². The van der Waals surface area contributed by atoms with Crippen LogP contribution in [0.5, 0.6) is 0 Å². The normalized spacial score (nSPS) is 24.2. The summed E-state index contributed by atoms with van der Waals surface area (Å²) in [6.07, 6.45) is -3.25. The Bertz CT molecular complexity index is 593. The van der Waals surface area contributed by atoms with Crippen molar-refractivity contribution in [1.29, 1.82) is 0 Å². The largest absolute Gasteiger partial charge is 0.478 e. The van der Waals surface area contributed by atoms with Crippen molar-refractivity contribution in [2.45, 2.75) is 17.2 Å². The van der Waals surface area contributed by atoms with Crippen molar-refractivity contribution in [3.63, 3.8) is 0 Å². The number of alkyl halides is 3. The predicted octanol–water partition coefficient (Wildman–Crippen LogP) is 3.95. The van der Waals surface area contributed by atoms with Crippen LogP contribution in [0.25, 0.3) is 0 Å². The SMILES string of the molecule is O=C(O)C1=CC=C(F)[SH](Cc2ccccc2)C1C(F)(F)F. The number of halogens is 4. The molecule has 1 aromatic carbocycles. The maximum Gasteiger partial charge on any atom is 0.403 e. The van der Waals surface area contributed by atoms with Gasteiger partial charge in [-0.25, -0.2) is 9.18 Å². The molecule has 1 N–H and O–H groups in total. The molecule has 0 radical (unpaired) electrons. The maximum absolute atomic E-state index is 13.9. The number of thiol groups is 1. The molecule has 0 aliphatic carbocycles. The molecule has 2 rings (SSSR count). The van der Waals surface area contributed by atoms with Crippen molar-refractivity contribution in [2.75, 3.05) is 0 Å². The van der Waals surface area contributed by atoms with E-state index in [0.29, 0.717) is 11.6 Å². The van der Waals surface area contributed by atoms with Crippen molar-refractivity contribution in [2.24, 2.45) is 0 Å². The number of aliphatic carboxylic acids is 1. The minimum absolute atomic E-state index is 0.146. The van der Waals surface area contributed by atoms with Gasteiger partial charge in [0.25, 0.3) is 0 Å². The van der Waals surface area contributed by atoms with Gasteiger partial charge >= 0.3 is 12.1 Å². The summed E-state index contributed by atoms with van der Waals surface area (Å²) in [6.45, 7) is 0. The van der Waals surface area contributed by atoms with E-state index in [9.17, 15) is 22.4 Å². The van der Waals surface area contributed by atoms with Gasteiger partial charge in [-0.05, 0) is 17.7 Å². The molecule has 7 heteroatoms. The first kappa shape index (κ1) is 15.6. The highest BCUT2D eigenvalue weighted by Crippen LogP contribution is 2.54. The van der Waals surface area contributed by atoms with Crippen LogP contribution in [0.2, 0.25) is 0 Å². The lowest BCUT2D eigenvalue weighted by atomic mass is 10.1. The molecule has 21 heavy (non-hydrogen) atoms. The maximum atomic E-state index is 13.9. The molecule has 1 aliphatic heterocycles. The van der Waals surface area contributed by atoms with Crippen molar-refractivity contribution in [1.82, 2.24) is 0 Å². The van der Waals surface area contributed by atoms with E-state index in [1.54, 1.807) is 30.3 Å². The first-order valence-corrected chi connectivity index (χ1v) is 7.58. The number of rotatable bonds is 3. The van der Waals surface area contributed by atoms with Crippen LogP contribution in [0.1, 0.15) is 5.56 Å².